The van der Waals surface area contributed by atoms with Crippen LogP contribution in [0.3, 0.4) is 0 Å². The smallest absolute Gasteiger partial charge is 0.251 e. The molecule has 0 aliphatic heterocycles. The monoisotopic (exact) mass is 250 g/mol. The first-order valence-electron chi connectivity index (χ1n) is 6.28. The minimum absolute atomic E-state index is 0.120. The topological polar surface area (TPSA) is 64.3 Å². The number of benzene rings is 1. The van der Waals surface area contributed by atoms with Crippen LogP contribution in [0.2, 0.25) is 0 Å². The molecule has 0 saturated heterocycles. The Morgan fingerprint density at radius 1 is 1.33 bits per heavy atom. The van der Waals surface area contributed by atoms with Crippen molar-refractivity contribution in [2.24, 2.45) is 5.92 Å². The molecule has 0 fully saturated rings. The van der Waals surface area contributed by atoms with Crippen LogP contribution in [0.5, 0.6) is 5.75 Å². The molecule has 0 aliphatic rings. The summed E-state index contributed by atoms with van der Waals surface area (Å²) in [7, 11) is 0. The summed E-state index contributed by atoms with van der Waals surface area (Å²) in [5.74, 6) is 0.894. The van der Waals surface area contributed by atoms with E-state index in [-0.39, 0.29) is 11.9 Å². The molecule has 0 bridgehead atoms. The van der Waals surface area contributed by atoms with E-state index in [0.717, 1.165) is 0 Å². The molecule has 0 aromatic heterocycles. The molecule has 1 atom stereocenters. The molecular weight excluding hydrogens is 228 g/mol. The van der Waals surface area contributed by atoms with Crippen LogP contribution in [0.15, 0.2) is 18.2 Å². The normalized spacial score (nSPS) is 12.3. The number of rotatable bonds is 5. The summed E-state index contributed by atoms with van der Waals surface area (Å²) in [6.45, 7) is 8.56. The molecule has 0 aliphatic carbocycles. The fourth-order valence-corrected chi connectivity index (χ4v) is 1.46. The van der Waals surface area contributed by atoms with Gasteiger partial charge in [0.15, 0.2) is 0 Å². The van der Waals surface area contributed by atoms with Crippen LogP contribution < -0.4 is 15.8 Å². The van der Waals surface area contributed by atoms with Gasteiger partial charge < -0.3 is 15.8 Å². The van der Waals surface area contributed by atoms with E-state index >= 15 is 0 Å². The second-order valence-electron chi connectivity index (χ2n) is 4.73. The minimum Gasteiger partial charge on any atom is -0.494 e. The average Bonchev–Trinajstić information content (AvgIpc) is 2.28. The number of carbonyl (C=O) groups is 1. The molecule has 18 heavy (non-hydrogen) atoms. The van der Waals surface area contributed by atoms with E-state index in [1.54, 1.807) is 18.2 Å². The Labute approximate surface area is 109 Å². The van der Waals surface area contributed by atoms with Crippen LogP contribution in [-0.4, -0.2) is 18.6 Å². The van der Waals surface area contributed by atoms with Crippen LogP contribution in [0.25, 0.3) is 0 Å². The van der Waals surface area contributed by atoms with E-state index in [0.29, 0.717) is 29.5 Å². The SMILES string of the molecule is CCOc1cc(N)cc(C(=O)NC(C)C(C)C)c1. The lowest BCUT2D eigenvalue weighted by Crippen LogP contribution is -2.36. The molecular formula is C14H22N2O2. The fraction of sp³-hybridized carbons (Fsp3) is 0.500. The number of nitrogens with two attached hydrogens (primary N) is 1. The van der Waals surface area contributed by atoms with Gasteiger partial charge in [0, 0.05) is 23.4 Å². The lowest BCUT2D eigenvalue weighted by Gasteiger charge is -2.17. The Hall–Kier alpha value is -1.71. The highest BCUT2D eigenvalue weighted by Crippen LogP contribution is 2.19. The molecule has 1 aromatic carbocycles. The zero-order chi connectivity index (χ0) is 13.7. The van der Waals surface area contributed by atoms with E-state index in [4.69, 9.17) is 10.5 Å². The van der Waals surface area contributed by atoms with Gasteiger partial charge in [0.2, 0.25) is 0 Å². The Bertz CT molecular complexity index is 416. The van der Waals surface area contributed by atoms with E-state index in [1.165, 1.54) is 0 Å². The molecule has 1 aromatic rings. The van der Waals surface area contributed by atoms with Gasteiger partial charge in [-0.2, -0.15) is 0 Å². The van der Waals surface area contributed by atoms with Gasteiger partial charge >= 0.3 is 0 Å². The van der Waals surface area contributed by atoms with Crippen molar-refractivity contribution in [3.63, 3.8) is 0 Å². The average molecular weight is 250 g/mol. The molecule has 100 valence electrons. The lowest BCUT2D eigenvalue weighted by molar-refractivity contribution is 0.0930. The van der Waals surface area contributed by atoms with Crippen LogP contribution in [0.4, 0.5) is 5.69 Å². The first-order valence-corrected chi connectivity index (χ1v) is 6.28. The Kier molecular flexibility index (Phi) is 5.01. The van der Waals surface area contributed by atoms with Crippen molar-refractivity contribution >= 4 is 11.6 Å². The Morgan fingerprint density at radius 2 is 2.00 bits per heavy atom. The summed E-state index contributed by atoms with van der Waals surface area (Å²) in [4.78, 5) is 12.0. The number of carbonyl (C=O) groups excluding carboxylic acids is 1. The van der Waals surface area contributed by atoms with Crippen molar-refractivity contribution in [2.45, 2.75) is 33.7 Å². The lowest BCUT2D eigenvalue weighted by atomic mass is 10.1. The molecule has 0 radical (unpaired) electrons. The number of amides is 1. The highest BCUT2D eigenvalue weighted by Gasteiger charge is 2.13. The molecule has 1 rings (SSSR count). The van der Waals surface area contributed by atoms with Gasteiger partial charge in [0.25, 0.3) is 5.91 Å². The van der Waals surface area contributed by atoms with Gasteiger partial charge in [0.1, 0.15) is 5.75 Å². The maximum Gasteiger partial charge on any atom is 0.251 e. The molecule has 4 heteroatoms. The number of hydrogen-bond donors (Lipinski definition) is 2. The molecule has 0 spiro atoms. The summed E-state index contributed by atoms with van der Waals surface area (Å²) in [5.41, 5.74) is 6.82. The summed E-state index contributed by atoms with van der Waals surface area (Å²) >= 11 is 0. The maximum absolute atomic E-state index is 12.0. The van der Waals surface area contributed by atoms with Crippen molar-refractivity contribution in [2.75, 3.05) is 12.3 Å². The maximum atomic E-state index is 12.0. The molecule has 1 amide bonds. The van der Waals surface area contributed by atoms with Crippen molar-refractivity contribution in [1.82, 2.24) is 5.32 Å². The van der Waals surface area contributed by atoms with Crippen molar-refractivity contribution < 1.29 is 9.53 Å². The molecule has 3 N–H and O–H groups in total. The van der Waals surface area contributed by atoms with Crippen LogP contribution >= 0.6 is 0 Å². The summed E-state index contributed by atoms with van der Waals surface area (Å²) in [5, 5.41) is 2.94. The third-order valence-electron chi connectivity index (χ3n) is 2.86. The number of hydrogen-bond acceptors (Lipinski definition) is 3. The second-order valence-corrected chi connectivity index (χ2v) is 4.73. The standard InChI is InChI=1S/C14H22N2O2/c1-5-18-13-7-11(6-12(15)8-13)14(17)16-10(4)9(2)3/h6-10H,5,15H2,1-4H3,(H,16,17). The van der Waals surface area contributed by atoms with Gasteiger partial charge in [0.05, 0.1) is 6.61 Å². The predicted molar refractivity (Wildman–Crippen MR) is 73.8 cm³/mol. The summed E-state index contributed by atoms with van der Waals surface area (Å²) in [6, 6.07) is 5.20. The number of nitrogens with one attached hydrogen (secondary N) is 1. The number of nitrogen functional groups attached to an aromatic ring is 1. The van der Waals surface area contributed by atoms with Gasteiger partial charge in [-0.15, -0.1) is 0 Å². The zero-order valence-corrected chi connectivity index (χ0v) is 11.5. The molecule has 4 nitrogen and oxygen atoms in total. The molecule has 0 heterocycles. The van der Waals surface area contributed by atoms with E-state index < -0.39 is 0 Å². The summed E-state index contributed by atoms with van der Waals surface area (Å²) < 4.78 is 5.37. The highest BCUT2D eigenvalue weighted by atomic mass is 16.5. The third-order valence-corrected chi connectivity index (χ3v) is 2.86. The van der Waals surface area contributed by atoms with Crippen LogP contribution in [0, 0.1) is 5.92 Å². The third kappa shape index (κ3) is 3.95. The second kappa shape index (κ2) is 6.28. The van der Waals surface area contributed by atoms with Gasteiger partial charge in [-0.1, -0.05) is 13.8 Å². The molecule has 1 unspecified atom stereocenters. The van der Waals surface area contributed by atoms with Crippen molar-refractivity contribution in [3.05, 3.63) is 23.8 Å². The highest BCUT2D eigenvalue weighted by molar-refractivity contribution is 5.95. The van der Waals surface area contributed by atoms with Gasteiger partial charge in [-0.05, 0) is 31.9 Å². The fourth-order valence-electron chi connectivity index (χ4n) is 1.46. The van der Waals surface area contributed by atoms with E-state index in [1.807, 2.05) is 13.8 Å². The Morgan fingerprint density at radius 3 is 2.56 bits per heavy atom. The zero-order valence-electron chi connectivity index (χ0n) is 11.5. The number of anilines is 1. The van der Waals surface area contributed by atoms with Crippen molar-refractivity contribution in [1.29, 1.82) is 0 Å². The van der Waals surface area contributed by atoms with Crippen LogP contribution in [0.1, 0.15) is 38.1 Å². The van der Waals surface area contributed by atoms with Crippen LogP contribution in [-0.2, 0) is 0 Å². The van der Waals surface area contributed by atoms with E-state index in [9.17, 15) is 4.79 Å². The number of ether oxygens (including phenoxy) is 1. The first-order chi connectivity index (χ1) is 8.43. The van der Waals surface area contributed by atoms with Crippen molar-refractivity contribution in [3.8, 4) is 5.75 Å². The molecule has 0 saturated carbocycles. The first kappa shape index (κ1) is 14.4. The van der Waals surface area contributed by atoms with Gasteiger partial charge in [-0.3, -0.25) is 4.79 Å². The predicted octanol–water partition coefficient (Wildman–Crippen LogP) is 2.44. The minimum atomic E-state index is -0.121. The largest absolute Gasteiger partial charge is 0.494 e. The quantitative estimate of drug-likeness (QED) is 0.789. The van der Waals surface area contributed by atoms with Gasteiger partial charge in [-0.25, -0.2) is 0 Å². The Balaban J connectivity index is 2.85. The summed E-state index contributed by atoms with van der Waals surface area (Å²) in [6.07, 6.45) is 0. The van der Waals surface area contributed by atoms with E-state index in [2.05, 4.69) is 19.2 Å².